The molecule has 29 heavy (non-hydrogen) atoms. The summed E-state index contributed by atoms with van der Waals surface area (Å²) in [5, 5.41) is 7.12. The van der Waals surface area contributed by atoms with E-state index in [2.05, 4.69) is 10.4 Å². The van der Waals surface area contributed by atoms with Gasteiger partial charge in [0.2, 0.25) is 15.9 Å². The minimum Gasteiger partial charge on any atom is -0.354 e. The lowest BCUT2D eigenvalue weighted by atomic mass is 10.3. The molecule has 0 atom stereocenters. The van der Waals surface area contributed by atoms with Gasteiger partial charge in [-0.05, 0) is 32.4 Å². The van der Waals surface area contributed by atoms with Crippen LogP contribution in [0.5, 0.6) is 0 Å². The van der Waals surface area contributed by atoms with Crippen LogP contribution in [0.1, 0.15) is 31.7 Å². The van der Waals surface area contributed by atoms with E-state index < -0.39 is 15.6 Å². The minimum absolute atomic E-state index is 0.00173. The van der Waals surface area contributed by atoms with Gasteiger partial charge in [-0.1, -0.05) is 13.8 Å². The van der Waals surface area contributed by atoms with E-state index in [1.165, 1.54) is 22.6 Å². The van der Waals surface area contributed by atoms with Gasteiger partial charge in [0.25, 0.3) is 5.56 Å². The van der Waals surface area contributed by atoms with Crippen LogP contribution in [0.4, 0.5) is 0 Å². The topological polar surface area (TPSA) is 106 Å². The summed E-state index contributed by atoms with van der Waals surface area (Å²) < 4.78 is 29.5. The van der Waals surface area contributed by atoms with E-state index in [0.29, 0.717) is 32.6 Å². The number of nitrogens with zero attached hydrogens (tertiary/aromatic N) is 4. The Kier molecular flexibility index (Phi) is 7.74. The molecule has 0 saturated heterocycles. The summed E-state index contributed by atoms with van der Waals surface area (Å²) in [5.74, 6) is -0.349. The van der Waals surface area contributed by atoms with Gasteiger partial charge in [-0.2, -0.15) is 9.40 Å². The number of carbonyl (C=O) groups is 1. The normalized spacial score (nSPS) is 11.8. The number of pyridine rings is 1. The number of carbonyl (C=O) groups excluding carboxylic acids is 1. The highest BCUT2D eigenvalue weighted by Gasteiger charge is 2.22. The van der Waals surface area contributed by atoms with Crippen LogP contribution < -0.4 is 10.9 Å². The molecule has 2 heterocycles. The predicted octanol–water partition coefficient (Wildman–Crippen LogP) is 0.899. The highest BCUT2D eigenvalue weighted by atomic mass is 32.2. The van der Waals surface area contributed by atoms with E-state index in [0.717, 1.165) is 16.0 Å². The highest BCUT2D eigenvalue weighted by Crippen LogP contribution is 2.13. The number of nitrogens with one attached hydrogen (secondary N) is 1. The van der Waals surface area contributed by atoms with E-state index in [9.17, 15) is 18.0 Å². The molecule has 160 valence electrons. The number of aromatic nitrogens is 3. The molecule has 2 rings (SSSR count). The molecule has 0 fully saturated rings. The standard InChI is InChI=1S/C19H29N5O4S/c1-5-23(6-2)29(27,28)17-8-9-19(26)22(13-17)14-18(25)20-10-7-11-24-16(4)12-15(3)21-24/h8-9,12-13H,5-7,10-11,14H2,1-4H3,(H,20,25). The molecule has 0 aromatic carbocycles. The number of sulfonamides is 1. The fourth-order valence-electron chi connectivity index (χ4n) is 3.07. The van der Waals surface area contributed by atoms with Gasteiger partial charge in [0.1, 0.15) is 6.54 Å². The number of hydrogen-bond donors (Lipinski definition) is 1. The van der Waals surface area contributed by atoms with Crippen LogP contribution >= 0.6 is 0 Å². The van der Waals surface area contributed by atoms with E-state index in [4.69, 9.17) is 0 Å². The van der Waals surface area contributed by atoms with Crippen molar-refractivity contribution in [1.29, 1.82) is 0 Å². The van der Waals surface area contributed by atoms with Crippen molar-refractivity contribution in [3.8, 4) is 0 Å². The predicted molar refractivity (Wildman–Crippen MR) is 110 cm³/mol. The zero-order valence-electron chi connectivity index (χ0n) is 17.4. The van der Waals surface area contributed by atoms with Crippen molar-refractivity contribution < 1.29 is 13.2 Å². The Bertz CT molecular complexity index is 1010. The van der Waals surface area contributed by atoms with Crippen molar-refractivity contribution >= 4 is 15.9 Å². The minimum atomic E-state index is -3.70. The van der Waals surface area contributed by atoms with Crippen LogP contribution in [0, 0.1) is 13.8 Å². The van der Waals surface area contributed by atoms with Crippen molar-refractivity contribution in [1.82, 2.24) is 24.0 Å². The second-order valence-corrected chi connectivity index (χ2v) is 8.71. The second kappa shape index (κ2) is 9.84. The maximum atomic E-state index is 12.6. The van der Waals surface area contributed by atoms with Gasteiger partial charge in [0, 0.05) is 44.1 Å². The van der Waals surface area contributed by atoms with E-state index in [1.54, 1.807) is 13.8 Å². The summed E-state index contributed by atoms with van der Waals surface area (Å²) in [6.45, 7) is 8.93. The summed E-state index contributed by atoms with van der Waals surface area (Å²) in [6, 6.07) is 4.44. The van der Waals surface area contributed by atoms with Crippen LogP contribution in [-0.4, -0.2) is 52.6 Å². The molecule has 9 nitrogen and oxygen atoms in total. The van der Waals surface area contributed by atoms with Crippen LogP contribution in [0.2, 0.25) is 0 Å². The molecule has 0 radical (unpaired) electrons. The lowest BCUT2D eigenvalue weighted by molar-refractivity contribution is -0.121. The summed E-state index contributed by atoms with van der Waals surface area (Å²) in [4.78, 5) is 24.3. The van der Waals surface area contributed by atoms with E-state index >= 15 is 0 Å². The molecule has 0 aliphatic rings. The van der Waals surface area contributed by atoms with Gasteiger partial charge >= 0.3 is 0 Å². The fourth-order valence-corrected chi connectivity index (χ4v) is 4.55. The molecule has 1 N–H and O–H groups in total. The maximum absolute atomic E-state index is 12.6. The Balaban J connectivity index is 1.97. The number of amides is 1. The smallest absolute Gasteiger partial charge is 0.251 e. The SMILES string of the molecule is CCN(CC)S(=O)(=O)c1ccc(=O)n(CC(=O)NCCCn2nc(C)cc2C)c1. The summed E-state index contributed by atoms with van der Waals surface area (Å²) >= 11 is 0. The summed E-state index contributed by atoms with van der Waals surface area (Å²) in [6.07, 6.45) is 1.92. The molecule has 2 aromatic heterocycles. The maximum Gasteiger partial charge on any atom is 0.251 e. The third-order valence-corrected chi connectivity index (χ3v) is 6.62. The molecule has 10 heteroatoms. The molecule has 2 aromatic rings. The zero-order valence-corrected chi connectivity index (χ0v) is 18.2. The van der Waals surface area contributed by atoms with Crippen molar-refractivity contribution in [2.24, 2.45) is 0 Å². The van der Waals surface area contributed by atoms with Gasteiger partial charge in [-0.25, -0.2) is 8.42 Å². The van der Waals surface area contributed by atoms with Gasteiger partial charge < -0.3 is 9.88 Å². The van der Waals surface area contributed by atoms with Crippen molar-refractivity contribution in [2.75, 3.05) is 19.6 Å². The Labute approximate surface area is 171 Å². The second-order valence-electron chi connectivity index (χ2n) is 6.77. The van der Waals surface area contributed by atoms with Gasteiger partial charge in [-0.15, -0.1) is 0 Å². The lowest BCUT2D eigenvalue weighted by Gasteiger charge is -2.19. The third-order valence-electron chi connectivity index (χ3n) is 4.59. The molecule has 0 bridgehead atoms. The van der Waals surface area contributed by atoms with Gasteiger partial charge in [-0.3, -0.25) is 14.3 Å². The first kappa shape index (κ1) is 22.8. The monoisotopic (exact) mass is 423 g/mol. The van der Waals surface area contributed by atoms with Crippen molar-refractivity contribution in [3.63, 3.8) is 0 Å². The number of hydrogen-bond acceptors (Lipinski definition) is 5. The van der Waals surface area contributed by atoms with Crippen molar-refractivity contribution in [2.45, 2.75) is 52.1 Å². The van der Waals surface area contributed by atoms with Crippen LogP contribution in [0.15, 0.2) is 34.1 Å². The Morgan fingerprint density at radius 1 is 1.21 bits per heavy atom. The number of rotatable bonds is 10. The van der Waals surface area contributed by atoms with E-state index in [1.807, 2.05) is 24.6 Å². The lowest BCUT2D eigenvalue weighted by Crippen LogP contribution is -2.34. The molecule has 1 amide bonds. The van der Waals surface area contributed by atoms with Gasteiger partial charge in [0.15, 0.2) is 0 Å². The quantitative estimate of drug-likeness (QED) is 0.572. The molecular formula is C19H29N5O4S. The molecule has 0 spiro atoms. The first-order chi connectivity index (χ1) is 13.7. The Morgan fingerprint density at radius 2 is 1.90 bits per heavy atom. The molecule has 0 aliphatic carbocycles. The summed E-state index contributed by atoms with van der Waals surface area (Å²) in [5.41, 5.74) is 1.58. The first-order valence-electron chi connectivity index (χ1n) is 9.67. The first-order valence-corrected chi connectivity index (χ1v) is 11.1. The molecular weight excluding hydrogens is 394 g/mol. The van der Waals surface area contributed by atoms with Crippen LogP contribution in [-0.2, 0) is 27.9 Å². The highest BCUT2D eigenvalue weighted by molar-refractivity contribution is 7.89. The largest absolute Gasteiger partial charge is 0.354 e. The van der Waals surface area contributed by atoms with E-state index in [-0.39, 0.29) is 17.3 Å². The average molecular weight is 424 g/mol. The van der Waals surface area contributed by atoms with Gasteiger partial charge in [0.05, 0.1) is 10.6 Å². The molecule has 0 unspecified atom stereocenters. The average Bonchev–Trinajstić information content (AvgIpc) is 2.98. The molecule has 0 aliphatic heterocycles. The van der Waals surface area contributed by atoms with Crippen molar-refractivity contribution in [3.05, 3.63) is 46.1 Å². The van der Waals surface area contributed by atoms with Crippen LogP contribution in [0.25, 0.3) is 0 Å². The Hall–Kier alpha value is -2.46. The fraction of sp³-hybridized carbons (Fsp3) is 0.526. The molecule has 0 saturated carbocycles. The number of aryl methyl sites for hydroxylation is 3. The zero-order chi connectivity index (χ0) is 21.6. The van der Waals surface area contributed by atoms with Crippen LogP contribution in [0.3, 0.4) is 0 Å². The third kappa shape index (κ3) is 5.77. The Morgan fingerprint density at radius 3 is 2.48 bits per heavy atom. The summed E-state index contributed by atoms with van der Waals surface area (Å²) in [7, 11) is -3.70.